The molecule has 7 heteroatoms. The van der Waals surface area contributed by atoms with Gasteiger partial charge in [0, 0.05) is 6.04 Å². The zero-order chi connectivity index (χ0) is 14.9. The van der Waals surface area contributed by atoms with Gasteiger partial charge in [-0.05, 0) is 42.5 Å². The molecule has 2 rings (SSSR count). The van der Waals surface area contributed by atoms with E-state index in [1.54, 1.807) is 0 Å². The Morgan fingerprint density at radius 2 is 2.10 bits per heavy atom. The van der Waals surface area contributed by atoms with Crippen LogP contribution in [0.25, 0.3) is 0 Å². The van der Waals surface area contributed by atoms with Crippen LogP contribution >= 0.6 is 11.3 Å². The van der Waals surface area contributed by atoms with Crippen molar-refractivity contribution in [1.82, 2.24) is 4.72 Å². The second kappa shape index (κ2) is 5.83. The second-order valence-electron chi connectivity index (χ2n) is 5.54. The first-order valence-electron chi connectivity index (χ1n) is 6.64. The fourth-order valence-corrected chi connectivity index (χ4v) is 5.41. The van der Waals surface area contributed by atoms with Crippen molar-refractivity contribution in [1.29, 1.82) is 0 Å². The van der Waals surface area contributed by atoms with Gasteiger partial charge in [-0.1, -0.05) is 13.8 Å². The summed E-state index contributed by atoms with van der Waals surface area (Å²) in [6.45, 7) is 4.21. The minimum atomic E-state index is -3.76. The maximum Gasteiger partial charge on any atom is 0.347 e. The van der Waals surface area contributed by atoms with Gasteiger partial charge < -0.3 is 5.11 Å². The third-order valence-corrected chi connectivity index (χ3v) is 6.41. The van der Waals surface area contributed by atoms with Gasteiger partial charge in [-0.15, -0.1) is 11.3 Å². The molecule has 3 unspecified atom stereocenters. The van der Waals surface area contributed by atoms with Crippen molar-refractivity contribution in [3.63, 3.8) is 0 Å². The van der Waals surface area contributed by atoms with Gasteiger partial charge >= 0.3 is 5.97 Å². The highest BCUT2D eigenvalue weighted by atomic mass is 32.2. The molecule has 1 heterocycles. The smallest absolute Gasteiger partial charge is 0.347 e. The van der Waals surface area contributed by atoms with Gasteiger partial charge in [-0.3, -0.25) is 0 Å². The lowest BCUT2D eigenvalue weighted by molar-refractivity contribution is 0.0698. The van der Waals surface area contributed by atoms with Crippen LogP contribution in [0.4, 0.5) is 0 Å². The largest absolute Gasteiger partial charge is 0.477 e. The number of sulfonamides is 1. The third-order valence-electron chi connectivity index (χ3n) is 3.85. The molecule has 0 aromatic carbocycles. The monoisotopic (exact) mass is 317 g/mol. The molecule has 112 valence electrons. The van der Waals surface area contributed by atoms with E-state index in [-0.39, 0.29) is 21.7 Å². The summed E-state index contributed by atoms with van der Waals surface area (Å²) in [6.07, 6.45) is 2.78. The Bertz CT molecular complexity index is 593. The van der Waals surface area contributed by atoms with E-state index in [0.717, 1.165) is 30.6 Å². The van der Waals surface area contributed by atoms with Crippen LogP contribution in [0.1, 0.15) is 42.8 Å². The minimum Gasteiger partial charge on any atom is -0.477 e. The van der Waals surface area contributed by atoms with Crippen LogP contribution in [0.15, 0.2) is 16.3 Å². The number of nitrogens with one attached hydrogen (secondary N) is 1. The Hall–Kier alpha value is -0.920. The van der Waals surface area contributed by atoms with Crippen LogP contribution in [0.3, 0.4) is 0 Å². The van der Waals surface area contributed by atoms with Crippen molar-refractivity contribution in [3.05, 3.63) is 16.3 Å². The molecular formula is C13H19NO4S2. The molecule has 1 aliphatic rings. The Morgan fingerprint density at radius 3 is 2.70 bits per heavy atom. The first-order chi connectivity index (χ1) is 9.31. The Morgan fingerprint density at radius 1 is 1.40 bits per heavy atom. The van der Waals surface area contributed by atoms with Crippen LogP contribution in [0.5, 0.6) is 0 Å². The lowest BCUT2D eigenvalue weighted by Gasteiger charge is -2.32. The number of carboxylic acids is 1. The molecule has 0 spiro atoms. The van der Waals surface area contributed by atoms with Gasteiger partial charge in [0.15, 0.2) is 0 Å². The van der Waals surface area contributed by atoms with Crippen LogP contribution < -0.4 is 4.72 Å². The number of aromatic carboxylic acids is 1. The highest BCUT2D eigenvalue weighted by molar-refractivity contribution is 7.89. The minimum absolute atomic E-state index is 0.113. The van der Waals surface area contributed by atoms with Crippen LogP contribution in [-0.2, 0) is 10.0 Å². The summed E-state index contributed by atoms with van der Waals surface area (Å²) < 4.78 is 27.4. The van der Waals surface area contributed by atoms with Crippen molar-refractivity contribution in [2.45, 2.75) is 44.0 Å². The van der Waals surface area contributed by atoms with Crippen LogP contribution in [-0.4, -0.2) is 25.5 Å². The van der Waals surface area contributed by atoms with Gasteiger partial charge in [-0.25, -0.2) is 17.9 Å². The Labute approximate surface area is 123 Å². The van der Waals surface area contributed by atoms with Crippen molar-refractivity contribution in [2.24, 2.45) is 11.8 Å². The fourth-order valence-electron chi connectivity index (χ4n) is 2.77. The number of hydrogen-bond acceptors (Lipinski definition) is 4. The van der Waals surface area contributed by atoms with Gasteiger partial charge in [0.05, 0.1) is 0 Å². The number of hydrogen-bond donors (Lipinski definition) is 2. The molecule has 2 N–H and O–H groups in total. The van der Waals surface area contributed by atoms with E-state index < -0.39 is 16.0 Å². The maximum absolute atomic E-state index is 12.3. The standard InChI is InChI=1S/C13H19NO4S2/c1-8-3-4-10(9(2)7-8)14-20(17,18)11-5-6-19-12(11)13(15)16/h5-6,8-10,14H,3-4,7H2,1-2H3,(H,15,16). The third kappa shape index (κ3) is 3.21. The fraction of sp³-hybridized carbons (Fsp3) is 0.615. The van der Waals surface area contributed by atoms with E-state index in [2.05, 4.69) is 11.6 Å². The van der Waals surface area contributed by atoms with Gasteiger partial charge in [0.1, 0.15) is 9.77 Å². The summed E-state index contributed by atoms with van der Waals surface area (Å²) in [5.74, 6) is -0.326. The van der Waals surface area contributed by atoms with Gasteiger partial charge in [0.2, 0.25) is 10.0 Å². The van der Waals surface area contributed by atoms with E-state index in [9.17, 15) is 13.2 Å². The second-order valence-corrected chi connectivity index (χ2v) is 8.14. The first kappa shape index (κ1) is 15.5. The van der Waals surface area contributed by atoms with E-state index in [1.165, 1.54) is 11.4 Å². The molecule has 1 fully saturated rings. The number of rotatable bonds is 4. The summed E-state index contributed by atoms with van der Waals surface area (Å²) in [4.78, 5) is 10.8. The van der Waals surface area contributed by atoms with E-state index in [1.807, 2.05) is 6.92 Å². The summed E-state index contributed by atoms with van der Waals surface area (Å²) in [6, 6.07) is 1.24. The van der Waals surface area contributed by atoms with Gasteiger partial charge in [-0.2, -0.15) is 0 Å². The average molecular weight is 317 g/mol. The van der Waals surface area contributed by atoms with Crippen molar-refractivity contribution in [3.8, 4) is 0 Å². The number of carboxylic acid groups (broad SMARTS) is 1. The molecule has 1 aromatic heterocycles. The summed E-state index contributed by atoms with van der Waals surface area (Å²) in [5.41, 5.74) is 0. The normalized spacial score (nSPS) is 27.4. The predicted octanol–water partition coefficient (Wildman–Crippen LogP) is 2.55. The van der Waals surface area contributed by atoms with E-state index in [4.69, 9.17) is 5.11 Å². The molecule has 1 aliphatic carbocycles. The maximum atomic E-state index is 12.3. The highest BCUT2D eigenvalue weighted by Gasteiger charge is 2.31. The molecule has 0 saturated heterocycles. The Balaban J connectivity index is 2.19. The SMILES string of the molecule is CC1CCC(NS(=O)(=O)c2ccsc2C(=O)O)C(C)C1. The summed E-state index contributed by atoms with van der Waals surface area (Å²) in [5, 5.41) is 10.5. The average Bonchev–Trinajstić information content (AvgIpc) is 2.82. The number of carbonyl (C=O) groups is 1. The molecule has 0 radical (unpaired) electrons. The molecule has 3 atom stereocenters. The van der Waals surface area contributed by atoms with Crippen LogP contribution in [0, 0.1) is 11.8 Å². The zero-order valence-corrected chi connectivity index (χ0v) is 13.1. The van der Waals surface area contributed by atoms with E-state index >= 15 is 0 Å². The molecule has 0 bridgehead atoms. The quantitative estimate of drug-likeness (QED) is 0.894. The molecule has 1 aromatic rings. The Kier molecular flexibility index (Phi) is 4.51. The van der Waals surface area contributed by atoms with Crippen LogP contribution in [0.2, 0.25) is 0 Å². The topological polar surface area (TPSA) is 83.5 Å². The van der Waals surface area contributed by atoms with Crippen molar-refractivity contribution in [2.75, 3.05) is 0 Å². The lowest BCUT2D eigenvalue weighted by Crippen LogP contribution is -2.42. The molecule has 5 nitrogen and oxygen atoms in total. The summed E-state index contributed by atoms with van der Waals surface area (Å²) >= 11 is 0.929. The zero-order valence-electron chi connectivity index (χ0n) is 11.5. The highest BCUT2D eigenvalue weighted by Crippen LogP contribution is 2.30. The first-order valence-corrected chi connectivity index (χ1v) is 9.00. The molecule has 0 amide bonds. The molecule has 20 heavy (non-hydrogen) atoms. The molecule has 1 saturated carbocycles. The van der Waals surface area contributed by atoms with Crippen molar-refractivity contribution < 1.29 is 18.3 Å². The van der Waals surface area contributed by atoms with Crippen molar-refractivity contribution >= 4 is 27.3 Å². The van der Waals surface area contributed by atoms with E-state index in [0.29, 0.717) is 5.92 Å². The van der Waals surface area contributed by atoms with Gasteiger partial charge in [0.25, 0.3) is 0 Å². The number of thiophene rings is 1. The lowest BCUT2D eigenvalue weighted by atomic mass is 9.80. The molecule has 0 aliphatic heterocycles. The summed E-state index contributed by atoms with van der Waals surface area (Å²) in [7, 11) is -3.76. The predicted molar refractivity (Wildman–Crippen MR) is 77.6 cm³/mol. The molecular weight excluding hydrogens is 298 g/mol.